The Bertz CT molecular complexity index is 383. The summed E-state index contributed by atoms with van der Waals surface area (Å²) in [5.74, 6) is 1.06. The molecule has 0 N–H and O–H groups in total. The standard InChI is InChI=1S/C16H26O.C2H6/c1-8-16(5,6)13-11-9-10-12(14(13)17-7)15(2,3)4;1-2/h9-11H,8H2,1-7H3;1-2H3. The van der Waals surface area contributed by atoms with Crippen molar-refractivity contribution in [1.82, 2.24) is 0 Å². The van der Waals surface area contributed by atoms with Crippen LogP contribution in [0.1, 0.15) is 72.9 Å². The number of hydrogen-bond donors (Lipinski definition) is 0. The molecule has 1 aromatic rings. The van der Waals surface area contributed by atoms with Gasteiger partial charge in [-0.1, -0.05) is 73.6 Å². The SMILES string of the molecule is CC.CCC(C)(C)c1cccc(C(C)(C)C)c1OC. The van der Waals surface area contributed by atoms with E-state index in [1.807, 2.05) is 13.8 Å². The zero-order valence-electron chi connectivity index (χ0n) is 14.3. The molecule has 19 heavy (non-hydrogen) atoms. The summed E-state index contributed by atoms with van der Waals surface area (Å²) in [7, 11) is 1.78. The average Bonchev–Trinajstić information content (AvgIpc) is 2.39. The zero-order chi connectivity index (χ0) is 15.3. The predicted octanol–water partition coefficient (Wildman–Crippen LogP) is 5.71. The largest absolute Gasteiger partial charge is 0.496 e. The van der Waals surface area contributed by atoms with E-state index in [-0.39, 0.29) is 10.8 Å². The lowest BCUT2D eigenvalue weighted by Crippen LogP contribution is -2.20. The van der Waals surface area contributed by atoms with Crippen LogP contribution in [0.15, 0.2) is 18.2 Å². The Labute approximate surface area is 120 Å². The summed E-state index contributed by atoms with van der Waals surface area (Å²) < 4.78 is 5.69. The molecular formula is C18H32O. The molecule has 0 saturated heterocycles. The van der Waals surface area contributed by atoms with Crippen molar-refractivity contribution in [2.45, 2.75) is 72.6 Å². The third-order valence-corrected chi connectivity index (χ3v) is 3.64. The molecule has 1 heteroatoms. The van der Waals surface area contributed by atoms with Crippen LogP contribution in [0.25, 0.3) is 0 Å². The Morgan fingerprint density at radius 1 is 0.947 bits per heavy atom. The van der Waals surface area contributed by atoms with E-state index < -0.39 is 0 Å². The van der Waals surface area contributed by atoms with Crippen molar-refractivity contribution in [3.05, 3.63) is 29.3 Å². The highest BCUT2D eigenvalue weighted by molar-refractivity contribution is 5.48. The number of benzene rings is 1. The highest BCUT2D eigenvalue weighted by Crippen LogP contribution is 2.40. The Hall–Kier alpha value is -0.980. The molecule has 0 saturated carbocycles. The van der Waals surface area contributed by atoms with Crippen molar-refractivity contribution in [2.24, 2.45) is 0 Å². The minimum Gasteiger partial charge on any atom is -0.496 e. The van der Waals surface area contributed by atoms with Crippen molar-refractivity contribution in [3.8, 4) is 5.75 Å². The summed E-state index contributed by atoms with van der Waals surface area (Å²) in [6.07, 6.45) is 1.11. The Morgan fingerprint density at radius 3 is 1.79 bits per heavy atom. The molecule has 0 heterocycles. The maximum Gasteiger partial charge on any atom is 0.126 e. The first-order chi connectivity index (χ1) is 8.74. The van der Waals surface area contributed by atoms with E-state index in [2.05, 4.69) is 59.7 Å². The first-order valence-corrected chi connectivity index (χ1v) is 7.42. The van der Waals surface area contributed by atoms with E-state index in [1.165, 1.54) is 11.1 Å². The van der Waals surface area contributed by atoms with E-state index in [0.29, 0.717) is 0 Å². The molecule has 0 aromatic heterocycles. The molecule has 110 valence electrons. The van der Waals surface area contributed by atoms with Crippen LogP contribution in [0, 0.1) is 0 Å². The van der Waals surface area contributed by atoms with Gasteiger partial charge in [0.05, 0.1) is 7.11 Å². The summed E-state index contributed by atoms with van der Waals surface area (Å²) in [6.45, 7) is 17.5. The van der Waals surface area contributed by atoms with Gasteiger partial charge >= 0.3 is 0 Å². The van der Waals surface area contributed by atoms with Crippen LogP contribution < -0.4 is 4.74 Å². The van der Waals surface area contributed by atoms with Gasteiger partial charge in [-0.15, -0.1) is 0 Å². The van der Waals surface area contributed by atoms with Crippen molar-refractivity contribution in [1.29, 1.82) is 0 Å². The molecule has 1 aromatic carbocycles. The van der Waals surface area contributed by atoms with Gasteiger partial charge in [0, 0.05) is 5.56 Å². The van der Waals surface area contributed by atoms with Crippen molar-refractivity contribution in [3.63, 3.8) is 0 Å². The molecule has 0 spiro atoms. The van der Waals surface area contributed by atoms with Gasteiger partial charge in [0.1, 0.15) is 5.75 Å². The van der Waals surface area contributed by atoms with Crippen LogP contribution in [0.5, 0.6) is 5.75 Å². The van der Waals surface area contributed by atoms with Gasteiger partial charge in [-0.3, -0.25) is 0 Å². The van der Waals surface area contributed by atoms with Gasteiger partial charge in [-0.2, -0.15) is 0 Å². The minimum atomic E-state index is 0.116. The van der Waals surface area contributed by atoms with E-state index in [0.717, 1.165) is 12.2 Å². The first kappa shape index (κ1) is 18.0. The van der Waals surface area contributed by atoms with Crippen LogP contribution in [-0.4, -0.2) is 7.11 Å². The summed E-state index contributed by atoms with van der Waals surface area (Å²) >= 11 is 0. The smallest absolute Gasteiger partial charge is 0.126 e. The molecule has 0 bridgehead atoms. The van der Waals surface area contributed by atoms with Crippen molar-refractivity contribution >= 4 is 0 Å². The fourth-order valence-corrected chi connectivity index (χ4v) is 2.07. The molecule has 1 nitrogen and oxygen atoms in total. The number of methoxy groups -OCH3 is 1. The fraction of sp³-hybridized carbons (Fsp3) is 0.667. The molecule has 0 atom stereocenters. The van der Waals surface area contributed by atoms with Crippen LogP contribution in [-0.2, 0) is 10.8 Å². The minimum absolute atomic E-state index is 0.116. The van der Waals surface area contributed by atoms with E-state index in [9.17, 15) is 0 Å². The van der Waals surface area contributed by atoms with Crippen LogP contribution in [0.4, 0.5) is 0 Å². The maximum atomic E-state index is 5.69. The van der Waals surface area contributed by atoms with Gasteiger partial charge in [-0.05, 0) is 22.8 Å². The summed E-state index contributed by atoms with van der Waals surface area (Å²) in [4.78, 5) is 0. The Kier molecular flexibility index (Phi) is 6.62. The van der Waals surface area contributed by atoms with Gasteiger partial charge in [0.2, 0.25) is 0 Å². The van der Waals surface area contributed by atoms with Crippen molar-refractivity contribution in [2.75, 3.05) is 7.11 Å². The second-order valence-electron chi connectivity index (χ2n) is 6.37. The lowest BCUT2D eigenvalue weighted by atomic mass is 9.77. The lowest BCUT2D eigenvalue weighted by Gasteiger charge is -2.30. The second-order valence-corrected chi connectivity index (χ2v) is 6.37. The number of hydrogen-bond acceptors (Lipinski definition) is 1. The van der Waals surface area contributed by atoms with E-state index >= 15 is 0 Å². The highest BCUT2D eigenvalue weighted by atomic mass is 16.5. The highest BCUT2D eigenvalue weighted by Gasteiger charge is 2.27. The Morgan fingerprint density at radius 2 is 1.42 bits per heavy atom. The monoisotopic (exact) mass is 264 g/mol. The molecule has 0 aliphatic carbocycles. The molecule has 0 radical (unpaired) electrons. The summed E-state index contributed by atoms with van der Waals surface area (Å²) in [6, 6.07) is 6.52. The molecule has 0 aliphatic rings. The molecule has 0 amide bonds. The molecule has 0 unspecified atom stereocenters. The second kappa shape index (κ2) is 6.98. The average molecular weight is 264 g/mol. The third kappa shape index (κ3) is 4.26. The first-order valence-electron chi connectivity index (χ1n) is 7.42. The number of rotatable bonds is 3. The van der Waals surface area contributed by atoms with E-state index in [4.69, 9.17) is 4.74 Å². The summed E-state index contributed by atoms with van der Waals surface area (Å²) in [5.41, 5.74) is 2.88. The maximum absolute atomic E-state index is 5.69. The predicted molar refractivity (Wildman–Crippen MR) is 86.4 cm³/mol. The van der Waals surface area contributed by atoms with Gasteiger partial charge in [0.15, 0.2) is 0 Å². The lowest BCUT2D eigenvalue weighted by molar-refractivity contribution is 0.374. The molecule has 0 aliphatic heterocycles. The van der Waals surface area contributed by atoms with Gasteiger partial charge in [-0.25, -0.2) is 0 Å². The molecule has 1 rings (SSSR count). The van der Waals surface area contributed by atoms with Crippen LogP contribution in [0.2, 0.25) is 0 Å². The quantitative estimate of drug-likeness (QED) is 0.679. The molecular weight excluding hydrogens is 232 g/mol. The fourth-order valence-electron chi connectivity index (χ4n) is 2.07. The van der Waals surface area contributed by atoms with Crippen molar-refractivity contribution < 1.29 is 4.74 Å². The topological polar surface area (TPSA) is 9.23 Å². The third-order valence-electron chi connectivity index (χ3n) is 3.64. The van der Waals surface area contributed by atoms with Crippen LogP contribution in [0.3, 0.4) is 0 Å². The zero-order valence-corrected chi connectivity index (χ0v) is 14.3. The van der Waals surface area contributed by atoms with Crippen LogP contribution >= 0.6 is 0 Å². The van der Waals surface area contributed by atoms with Gasteiger partial charge < -0.3 is 4.74 Å². The molecule has 0 fully saturated rings. The van der Waals surface area contributed by atoms with Gasteiger partial charge in [0.25, 0.3) is 0 Å². The Balaban J connectivity index is 0.00000154. The summed E-state index contributed by atoms with van der Waals surface area (Å²) in [5, 5.41) is 0. The normalized spacial score (nSPS) is 11.6. The van der Waals surface area contributed by atoms with E-state index in [1.54, 1.807) is 7.11 Å². The number of para-hydroxylation sites is 1. The number of ether oxygens (including phenoxy) is 1.